The van der Waals surface area contributed by atoms with Crippen molar-refractivity contribution in [3.63, 3.8) is 0 Å². The van der Waals surface area contributed by atoms with Gasteiger partial charge in [-0.05, 0) is 24.1 Å². The summed E-state index contributed by atoms with van der Waals surface area (Å²) in [6.07, 6.45) is -10.1. The van der Waals surface area contributed by atoms with Gasteiger partial charge in [0.05, 0.1) is 23.2 Å². The van der Waals surface area contributed by atoms with Crippen LogP contribution >= 0.6 is 0 Å². The summed E-state index contributed by atoms with van der Waals surface area (Å²) in [5, 5.41) is 26.0. The second kappa shape index (κ2) is 6.92. The average molecular weight is 411 g/mol. The van der Waals surface area contributed by atoms with E-state index in [1.165, 1.54) is 30.3 Å². The molecule has 2 atom stereocenters. The number of aromatic amines is 1. The highest BCUT2D eigenvalue weighted by atomic mass is 19.4. The normalized spacial score (nSPS) is 20.4. The fourth-order valence-electron chi connectivity index (χ4n) is 3.34. The third kappa shape index (κ3) is 3.44. The number of nitrogens with one attached hydrogen (secondary N) is 1. The second-order valence-electron chi connectivity index (χ2n) is 6.28. The maximum Gasteiger partial charge on any atom is 0.434 e. The molecule has 0 spiro atoms. The molecule has 0 fully saturated rings. The third-order valence-electron chi connectivity index (χ3n) is 4.61. The van der Waals surface area contributed by atoms with Crippen LogP contribution in [0.1, 0.15) is 24.1 Å². The van der Waals surface area contributed by atoms with E-state index < -0.39 is 41.2 Å². The van der Waals surface area contributed by atoms with Crippen LogP contribution in [0.5, 0.6) is 0 Å². The number of halogens is 6. The third-order valence-corrected chi connectivity index (χ3v) is 4.61. The van der Waals surface area contributed by atoms with E-state index in [1.807, 2.05) is 0 Å². The minimum Gasteiger partial charge on any atom is -0.281 e. The van der Waals surface area contributed by atoms with Gasteiger partial charge in [0, 0.05) is 17.0 Å². The monoisotopic (exact) mass is 411 g/mol. The second-order valence-corrected chi connectivity index (χ2v) is 6.28. The molecule has 0 saturated carbocycles. The van der Waals surface area contributed by atoms with Crippen molar-refractivity contribution in [1.82, 2.24) is 10.2 Å². The number of H-pyrrole nitrogens is 1. The van der Waals surface area contributed by atoms with E-state index in [0.29, 0.717) is 23.0 Å². The summed E-state index contributed by atoms with van der Waals surface area (Å²) in [5.74, 6) is -3.88. The molecule has 3 rings (SSSR count). The van der Waals surface area contributed by atoms with Gasteiger partial charge in [-0.15, -0.1) is 0 Å². The summed E-state index contributed by atoms with van der Waals surface area (Å²) in [5.41, 5.74) is -3.80. The largest absolute Gasteiger partial charge is 0.434 e. The lowest BCUT2D eigenvalue weighted by Crippen LogP contribution is -2.38. The number of aromatic nitrogens is 2. The van der Waals surface area contributed by atoms with Gasteiger partial charge in [0.25, 0.3) is 0 Å². The number of hydrogen-bond donors (Lipinski definition) is 1. The zero-order valence-electron chi connectivity index (χ0n) is 14.7. The number of alkyl halides is 6. The molecule has 29 heavy (non-hydrogen) atoms. The number of hydrogen-bond acceptors (Lipinski definition) is 4. The van der Waals surface area contributed by atoms with E-state index in [2.05, 4.69) is 15.2 Å². The Hall–Kier alpha value is -3.34. The Morgan fingerprint density at radius 2 is 1.79 bits per heavy atom. The molecule has 5 nitrogen and oxygen atoms in total. The SMILES string of the molecule is CCc1[nH]nc2ccc(C3C(C#N)=C(C(F)(F)F)N=C(C(F)(F)F)C3C#N)cc12. The van der Waals surface area contributed by atoms with Crippen molar-refractivity contribution in [3.8, 4) is 12.1 Å². The number of fused-ring (bicyclic) bond motifs is 1. The lowest BCUT2D eigenvalue weighted by Gasteiger charge is -2.30. The highest BCUT2D eigenvalue weighted by Crippen LogP contribution is 2.46. The van der Waals surface area contributed by atoms with E-state index in [9.17, 15) is 36.9 Å². The van der Waals surface area contributed by atoms with Gasteiger partial charge < -0.3 is 0 Å². The van der Waals surface area contributed by atoms with E-state index in [-0.39, 0.29) is 5.56 Å². The lowest BCUT2D eigenvalue weighted by molar-refractivity contribution is -0.0950. The number of nitrogens with zero attached hydrogens (tertiary/aromatic N) is 4. The zero-order chi connectivity index (χ0) is 21.6. The van der Waals surface area contributed by atoms with Gasteiger partial charge in [0.15, 0.2) is 5.70 Å². The highest BCUT2D eigenvalue weighted by molar-refractivity contribution is 5.97. The Kier molecular flexibility index (Phi) is 4.87. The van der Waals surface area contributed by atoms with Gasteiger partial charge >= 0.3 is 12.4 Å². The lowest BCUT2D eigenvalue weighted by atomic mass is 9.76. The first kappa shape index (κ1) is 20.4. The Morgan fingerprint density at radius 3 is 2.31 bits per heavy atom. The molecule has 150 valence electrons. The van der Waals surface area contributed by atoms with Crippen LogP contribution in [0.4, 0.5) is 26.3 Å². The van der Waals surface area contributed by atoms with Crippen molar-refractivity contribution in [2.24, 2.45) is 10.9 Å². The van der Waals surface area contributed by atoms with Crippen molar-refractivity contribution in [2.45, 2.75) is 31.6 Å². The van der Waals surface area contributed by atoms with E-state index in [1.54, 1.807) is 6.92 Å². The smallest absolute Gasteiger partial charge is 0.281 e. The van der Waals surface area contributed by atoms with Crippen LogP contribution in [0.2, 0.25) is 0 Å². The standard InChI is InChI=1S/C18H11F6N5/c1-2-12-9-5-8(3-4-13(9)29-28-12)14-10(6-25)15(17(19,20)21)27-16(11(14)7-26)18(22,23)24/h3-5,10,14H,2H2,1H3,(H,28,29). The van der Waals surface area contributed by atoms with Gasteiger partial charge in [-0.2, -0.15) is 42.0 Å². The molecule has 2 heterocycles. The summed E-state index contributed by atoms with van der Waals surface area (Å²) in [4.78, 5) is 2.67. The van der Waals surface area contributed by atoms with Crippen molar-refractivity contribution in [2.75, 3.05) is 0 Å². The van der Waals surface area contributed by atoms with Gasteiger partial charge in [0.1, 0.15) is 11.6 Å². The van der Waals surface area contributed by atoms with Crippen LogP contribution < -0.4 is 0 Å². The molecule has 0 radical (unpaired) electrons. The molecule has 0 bridgehead atoms. The fraction of sp³-hybridized carbons (Fsp3) is 0.333. The Bertz CT molecular complexity index is 1110. The van der Waals surface area contributed by atoms with E-state index >= 15 is 0 Å². The first-order valence-corrected chi connectivity index (χ1v) is 8.26. The Labute approximate surface area is 160 Å². The van der Waals surface area contributed by atoms with Crippen LogP contribution in [-0.4, -0.2) is 28.3 Å². The number of rotatable bonds is 2. The molecular weight excluding hydrogens is 400 g/mol. The molecule has 1 aliphatic rings. The zero-order valence-corrected chi connectivity index (χ0v) is 14.7. The molecule has 1 aromatic carbocycles. The quantitative estimate of drug-likeness (QED) is 0.726. The summed E-state index contributed by atoms with van der Waals surface area (Å²) < 4.78 is 80.4. The molecule has 1 aliphatic heterocycles. The van der Waals surface area contributed by atoms with Gasteiger partial charge in [0.2, 0.25) is 0 Å². The maximum atomic E-state index is 13.4. The molecular formula is C18H11F6N5. The van der Waals surface area contributed by atoms with Crippen molar-refractivity contribution < 1.29 is 26.3 Å². The average Bonchev–Trinajstić information content (AvgIpc) is 3.06. The number of benzene rings is 1. The molecule has 0 amide bonds. The van der Waals surface area contributed by atoms with Crippen LogP contribution in [0.25, 0.3) is 10.9 Å². The number of aliphatic imine (C=N–C) groups is 1. The van der Waals surface area contributed by atoms with Crippen LogP contribution in [-0.2, 0) is 6.42 Å². The summed E-state index contributed by atoms with van der Waals surface area (Å²) in [6, 6.07) is 6.75. The Balaban J connectivity index is 2.33. The van der Waals surface area contributed by atoms with Crippen molar-refractivity contribution in [1.29, 1.82) is 10.5 Å². The van der Waals surface area contributed by atoms with Crippen molar-refractivity contribution in [3.05, 3.63) is 40.7 Å². The van der Waals surface area contributed by atoms with Crippen molar-refractivity contribution >= 4 is 16.6 Å². The first-order valence-electron chi connectivity index (χ1n) is 8.26. The van der Waals surface area contributed by atoms with E-state index in [4.69, 9.17) is 0 Å². The minimum atomic E-state index is -5.30. The molecule has 1 N–H and O–H groups in total. The maximum absolute atomic E-state index is 13.4. The summed E-state index contributed by atoms with van der Waals surface area (Å²) in [7, 11) is 0. The number of aryl methyl sites for hydroxylation is 1. The van der Waals surface area contributed by atoms with Gasteiger partial charge in [-0.25, -0.2) is 4.99 Å². The van der Waals surface area contributed by atoms with Crippen LogP contribution in [0.3, 0.4) is 0 Å². The van der Waals surface area contributed by atoms with Crippen LogP contribution in [0, 0.1) is 28.6 Å². The predicted octanol–water partition coefficient (Wildman–Crippen LogP) is 4.71. The molecule has 11 heteroatoms. The minimum absolute atomic E-state index is 0.0323. The summed E-state index contributed by atoms with van der Waals surface area (Å²) >= 11 is 0. The summed E-state index contributed by atoms with van der Waals surface area (Å²) in [6.45, 7) is 1.79. The molecule has 0 aliphatic carbocycles. The Morgan fingerprint density at radius 1 is 1.10 bits per heavy atom. The number of nitriles is 2. The van der Waals surface area contributed by atoms with Gasteiger partial charge in [-0.1, -0.05) is 13.0 Å². The number of allylic oxidation sites excluding steroid dienone is 2. The van der Waals surface area contributed by atoms with Gasteiger partial charge in [-0.3, -0.25) is 5.10 Å². The molecule has 1 aromatic heterocycles. The fourth-order valence-corrected chi connectivity index (χ4v) is 3.34. The molecule has 2 unspecified atom stereocenters. The first-order chi connectivity index (χ1) is 13.5. The molecule has 0 saturated heterocycles. The highest BCUT2D eigenvalue weighted by Gasteiger charge is 2.52. The molecule has 2 aromatic rings. The predicted molar refractivity (Wildman–Crippen MR) is 89.5 cm³/mol. The van der Waals surface area contributed by atoms with E-state index in [0.717, 1.165) is 0 Å². The topological polar surface area (TPSA) is 88.6 Å². The van der Waals surface area contributed by atoms with Crippen LogP contribution in [0.15, 0.2) is 34.5 Å².